The number of carboxylic acids is 1. The van der Waals surface area contributed by atoms with E-state index in [1.54, 1.807) is 36.4 Å². The Bertz CT molecular complexity index is 1120. The first-order valence-corrected chi connectivity index (χ1v) is 10.6. The zero-order chi connectivity index (χ0) is 22.9. The van der Waals surface area contributed by atoms with Crippen LogP contribution in [0.25, 0.3) is 0 Å². The van der Waals surface area contributed by atoms with E-state index in [1.807, 2.05) is 30.3 Å². The molecule has 0 aliphatic heterocycles. The standard InChI is InChI=1S/C23H18ClN3O4S/c24-16-6-11-19(25-14-16)27-23(31)22(15-4-2-1-3-5-15)32-18-9-7-17(8-10-18)26-20(28)12-13-21(29)30/h1-14,22H,(H,26,28)(H,29,30)(H,25,27,31)/b13-12+. The number of thioether (sulfide) groups is 1. The molecule has 0 aliphatic rings. The minimum absolute atomic E-state index is 0.243. The van der Waals surface area contributed by atoms with Crippen LogP contribution in [-0.4, -0.2) is 27.9 Å². The van der Waals surface area contributed by atoms with Crippen molar-refractivity contribution < 1.29 is 19.5 Å². The van der Waals surface area contributed by atoms with Crippen LogP contribution in [0.3, 0.4) is 0 Å². The molecular formula is C23H18ClN3O4S. The second-order valence-corrected chi connectivity index (χ2v) is 8.06. The van der Waals surface area contributed by atoms with E-state index in [0.29, 0.717) is 16.5 Å². The van der Waals surface area contributed by atoms with E-state index >= 15 is 0 Å². The van der Waals surface area contributed by atoms with Gasteiger partial charge in [-0.25, -0.2) is 9.78 Å². The zero-order valence-electron chi connectivity index (χ0n) is 16.6. The molecule has 7 nitrogen and oxygen atoms in total. The van der Waals surface area contributed by atoms with Gasteiger partial charge in [0.1, 0.15) is 11.1 Å². The van der Waals surface area contributed by atoms with Crippen molar-refractivity contribution in [2.75, 3.05) is 10.6 Å². The number of carbonyl (C=O) groups excluding carboxylic acids is 2. The summed E-state index contributed by atoms with van der Waals surface area (Å²) in [6.07, 6.45) is 3.16. The van der Waals surface area contributed by atoms with E-state index in [-0.39, 0.29) is 5.91 Å². The predicted molar refractivity (Wildman–Crippen MR) is 125 cm³/mol. The average molecular weight is 468 g/mol. The molecule has 0 saturated carbocycles. The highest BCUT2D eigenvalue weighted by atomic mass is 35.5. The lowest BCUT2D eigenvalue weighted by Crippen LogP contribution is -2.19. The number of nitrogens with one attached hydrogen (secondary N) is 2. The molecule has 1 heterocycles. The van der Waals surface area contributed by atoms with Crippen molar-refractivity contribution >= 4 is 52.7 Å². The number of anilines is 2. The molecule has 0 bridgehead atoms. The third-order valence-corrected chi connectivity index (χ3v) is 5.56. The molecule has 0 aliphatic carbocycles. The minimum Gasteiger partial charge on any atom is -0.478 e. The molecule has 0 spiro atoms. The molecule has 32 heavy (non-hydrogen) atoms. The second kappa shape index (κ2) is 11.1. The Morgan fingerprint density at radius 1 is 0.938 bits per heavy atom. The van der Waals surface area contributed by atoms with Gasteiger partial charge in [0.2, 0.25) is 11.8 Å². The number of carboxylic acid groups (broad SMARTS) is 1. The maximum atomic E-state index is 13.0. The molecule has 3 N–H and O–H groups in total. The molecule has 0 radical (unpaired) electrons. The maximum Gasteiger partial charge on any atom is 0.328 e. The van der Waals surface area contributed by atoms with Gasteiger partial charge in [0.25, 0.3) is 0 Å². The fourth-order valence-electron chi connectivity index (χ4n) is 2.63. The number of nitrogens with zero attached hydrogens (tertiary/aromatic N) is 1. The molecule has 162 valence electrons. The first-order chi connectivity index (χ1) is 15.4. The minimum atomic E-state index is -1.20. The first-order valence-electron chi connectivity index (χ1n) is 9.37. The van der Waals surface area contributed by atoms with Crippen molar-refractivity contribution in [2.24, 2.45) is 0 Å². The maximum absolute atomic E-state index is 13.0. The number of hydrogen-bond acceptors (Lipinski definition) is 5. The van der Waals surface area contributed by atoms with E-state index < -0.39 is 17.1 Å². The van der Waals surface area contributed by atoms with Crippen molar-refractivity contribution in [3.05, 3.63) is 95.7 Å². The van der Waals surface area contributed by atoms with Gasteiger partial charge in [-0.1, -0.05) is 41.9 Å². The number of carbonyl (C=O) groups is 3. The molecular weight excluding hydrogens is 450 g/mol. The number of benzene rings is 2. The Morgan fingerprint density at radius 3 is 2.28 bits per heavy atom. The normalized spacial score (nSPS) is 11.7. The van der Waals surface area contributed by atoms with Crippen molar-refractivity contribution in [3.63, 3.8) is 0 Å². The van der Waals surface area contributed by atoms with Gasteiger partial charge in [-0.3, -0.25) is 9.59 Å². The monoisotopic (exact) mass is 467 g/mol. The Labute approximate surface area is 193 Å². The van der Waals surface area contributed by atoms with Crippen molar-refractivity contribution in [2.45, 2.75) is 10.1 Å². The van der Waals surface area contributed by atoms with Crippen molar-refractivity contribution in [3.8, 4) is 0 Å². The van der Waals surface area contributed by atoms with Gasteiger partial charge in [0.15, 0.2) is 0 Å². The molecule has 0 fully saturated rings. The van der Waals surface area contributed by atoms with E-state index in [1.165, 1.54) is 18.0 Å². The summed E-state index contributed by atoms with van der Waals surface area (Å²) in [6.45, 7) is 0. The highest BCUT2D eigenvalue weighted by Crippen LogP contribution is 2.36. The van der Waals surface area contributed by atoms with Crippen LogP contribution >= 0.6 is 23.4 Å². The van der Waals surface area contributed by atoms with Crippen molar-refractivity contribution in [1.82, 2.24) is 4.98 Å². The Balaban J connectivity index is 1.73. The highest BCUT2D eigenvalue weighted by Gasteiger charge is 2.22. The smallest absolute Gasteiger partial charge is 0.328 e. The second-order valence-electron chi connectivity index (χ2n) is 6.44. The number of halogens is 1. The topological polar surface area (TPSA) is 108 Å². The number of hydrogen-bond donors (Lipinski definition) is 3. The van der Waals surface area contributed by atoms with Gasteiger partial charge >= 0.3 is 5.97 Å². The van der Waals surface area contributed by atoms with Gasteiger partial charge in [-0.15, -0.1) is 11.8 Å². The van der Waals surface area contributed by atoms with Crippen LogP contribution < -0.4 is 10.6 Å². The van der Waals surface area contributed by atoms with E-state index in [4.69, 9.17) is 16.7 Å². The predicted octanol–water partition coefficient (Wildman–Crippen LogP) is 4.79. The Morgan fingerprint density at radius 2 is 1.66 bits per heavy atom. The summed E-state index contributed by atoms with van der Waals surface area (Å²) in [5.41, 5.74) is 1.32. The average Bonchev–Trinajstić information content (AvgIpc) is 2.79. The van der Waals surface area contributed by atoms with Crippen LogP contribution in [0.4, 0.5) is 11.5 Å². The number of aromatic nitrogens is 1. The molecule has 2 aromatic carbocycles. The quantitative estimate of drug-likeness (QED) is 0.325. The molecule has 0 saturated heterocycles. The van der Waals surface area contributed by atoms with Crippen LogP contribution in [0.2, 0.25) is 5.02 Å². The number of amides is 2. The summed E-state index contributed by atoms with van der Waals surface area (Å²) in [5.74, 6) is -1.60. The Hall–Kier alpha value is -3.62. The number of pyridine rings is 1. The van der Waals surface area contributed by atoms with Gasteiger partial charge in [-0.2, -0.15) is 0 Å². The summed E-state index contributed by atoms with van der Waals surface area (Å²) >= 11 is 7.20. The fourth-order valence-corrected chi connectivity index (χ4v) is 3.76. The fraction of sp³-hybridized carbons (Fsp3) is 0.0435. The molecule has 2 amide bonds. The molecule has 1 unspecified atom stereocenters. The SMILES string of the molecule is O=C(O)/C=C/C(=O)Nc1ccc(SC(C(=O)Nc2ccc(Cl)cn2)c2ccccc2)cc1. The van der Waals surface area contributed by atoms with Crippen LogP contribution in [0.1, 0.15) is 10.8 Å². The van der Waals surface area contributed by atoms with E-state index in [9.17, 15) is 14.4 Å². The van der Waals surface area contributed by atoms with Gasteiger partial charge in [0, 0.05) is 28.9 Å². The van der Waals surface area contributed by atoms with E-state index in [2.05, 4.69) is 15.6 Å². The number of aliphatic carboxylic acids is 1. The van der Waals surface area contributed by atoms with E-state index in [0.717, 1.165) is 22.6 Å². The highest BCUT2D eigenvalue weighted by molar-refractivity contribution is 8.00. The lowest BCUT2D eigenvalue weighted by Gasteiger charge is -2.17. The third kappa shape index (κ3) is 6.97. The summed E-state index contributed by atoms with van der Waals surface area (Å²) in [7, 11) is 0. The van der Waals surface area contributed by atoms with Crippen molar-refractivity contribution in [1.29, 1.82) is 0 Å². The van der Waals surface area contributed by atoms with Crippen LogP contribution in [0, 0.1) is 0 Å². The largest absolute Gasteiger partial charge is 0.478 e. The lowest BCUT2D eigenvalue weighted by molar-refractivity contribution is -0.131. The lowest BCUT2D eigenvalue weighted by atomic mass is 10.1. The summed E-state index contributed by atoms with van der Waals surface area (Å²) in [5, 5.41) is 13.9. The van der Waals surface area contributed by atoms with Gasteiger partial charge in [0.05, 0.1) is 5.02 Å². The summed E-state index contributed by atoms with van der Waals surface area (Å²) in [4.78, 5) is 40.1. The molecule has 1 aromatic heterocycles. The molecule has 9 heteroatoms. The third-order valence-electron chi connectivity index (χ3n) is 4.07. The Kier molecular flexibility index (Phi) is 8.02. The van der Waals surface area contributed by atoms with Crippen LogP contribution in [-0.2, 0) is 14.4 Å². The van der Waals surface area contributed by atoms with Gasteiger partial charge in [-0.05, 0) is 42.0 Å². The van der Waals surface area contributed by atoms with Crippen LogP contribution in [0.15, 0.2) is 90.0 Å². The number of rotatable bonds is 8. The summed E-state index contributed by atoms with van der Waals surface area (Å²) < 4.78 is 0. The first kappa shape index (κ1) is 23.1. The molecule has 1 atom stereocenters. The summed E-state index contributed by atoms with van der Waals surface area (Å²) in [6, 6.07) is 19.5. The van der Waals surface area contributed by atoms with Gasteiger partial charge < -0.3 is 15.7 Å². The zero-order valence-corrected chi connectivity index (χ0v) is 18.1. The molecule has 3 rings (SSSR count). The van der Waals surface area contributed by atoms with Crippen LogP contribution in [0.5, 0.6) is 0 Å². The molecule has 3 aromatic rings.